The zero-order chi connectivity index (χ0) is 16.9. The second-order valence-electron chi connectivity index (χ2n) is 7.37. The third-order valence-corrected chi connectivity index (χ3v) is 6.27. The van der Waals surface area contributed by atoms with Crippen LogP contribution in [0, 0.1) is 5.41 Å². The predicted molar refractivity (Wildman–Crippen MR) is 95.3 cm³/mol. The van der Waals surface area contributed by atoms with E-state index in [4.69, 9.17) is 5.73 Å². The molecule has 1 aliphatic heterocycles. The lowest BCUT2D eigenvalue weighted by molar-refractivity contribution is -0.129. The number of hydrogen-bond acceptors (Lipinski definition) is 4. The number of hydrogen-bond donors (Lipinski definition) is 1. The van der Waals surface area contributed by atoms with Crippen molar-refractivity contribution in [2.75, 3.05) is 38.2 Å². The smallest absolute Gasteiger partial charge is 0.232 e. The SMILES string of the molecule is CN(C(=O)CSCC(=O)N1CCC(C)(CN)C1)C1CCCCC1. The van der Waals surface area contributed by atoms with Crippen LogP contribution in [0.4, 0.5) is 0 Å². The minimum atomic E-state index is 0.0668. The molecular formula is C17H31N3O2S. The Bertz CT molecular complexity index is 412. The summed E-state index contributed by atoms with van der Waals surface area (Å²) >= 11 is 1.44. The number of nitrogens with two attached hydrogens (primary N) is 1. The van der Waals surface area contributed by atoms with Gasteiger partial charge in [-0.25, -0.2) is 0 Å². The van der Waals surface area contributed by atoms with E-state index in [9.17, 15) is 9.59 Å². The standard InChI is InChI=1S/C17H31N3O2S/c1-17(12-18)8-9-20(13-17)16(22)11-23-10-15(21)19(2)14-6-4-3-5-7-14/h14H,3-13,18H2,1-2H3. The van der Waals surface area contributed by atoms with E-state index in [2.05, 4.69) is 6.92 Å². The van der Waals surface area contributed by atoms with Gasteiger partial charge in [0.1, 0.15) is 0 Å². The van der Waals surface area contributed by atoms with Crippen LogP contribution < -0.4 is 5.73 Å². The quantitative estimate of drug-likeness (QED) is 0.799. The largest absolute Gasteiger partial charge is 0.342 e. The molecule has 132 valence electrons. The summed E-state index contributed by atoms with van der Waals surface area (Å²) in [7, 11) is 1.91. The maximum Gasteiger partial charge on any atom is 0.232 e. The van der Waals surface area contributed by atoms with Gasteiger partial charge in [0.05, 0.1) is 11.5 Å². The highest BCUT2D eigenvalue weighted by atomic mass is 32.2. The number of likely N-dealkylation sites (tertiary alicyclic amines) is 1. The van der Waals surface area contributed by atoms with E-state index in [1.165, 1.54) is 31.0 Å². The summed E-state index contributed by atoms with van der Waals surface area (Å²) in [5.74, 6) is 1.09. The highest BCUT2D eigenvalue weighted by Crippen LogP contribution is 2.29. The molecule has 1 atom stereocenters. The van der Waals surface area contributed by atoms with Gasteiger partial charge in [0.15, 0.2) is 0 Å². The molecule has 1 saturated heterocycles. The molecule has 0 aromatic heterocycles. The third kappa shape index (κ3) is 5.11. The fourth-order valence-corrected chi connectivity index (χ4v) is 4.33. The van der Waals surface area contributed by atoms with Gasteiger partial charge in [0.25, 0.3) is 0 Å². The Labute approximate surface area is 144 Å². The molecule has 6 heteroatoms. The molecular weight excluding hydrogens is 310 g/mol. The Hall–Kier alpha value is -0.750. The molecule has 1 aliphatic carbocycles. The van der Waals surface area contributed by atoms with Gasteiger partial charge >= 0.3 is 0 Å². The molecule has 2 fully saturated rings. The molecule has 1 unspecified atom stereocenters. The molecule has 0 aromatic carbocycles. The van der Waals surface area contributed by atoms with E-state index in [0.29, 0.717) is 24.1 Å². The van der Waals surface area contributed by atoms with Crippen LogP contribution in [0.3, 0.4) is 0 Å². The van der Waals surface area contributed by atoms with Gasteiger partial charge < -0.3 is 15.5 Å². The average molecular weight is 342 g/mol. The number of thioether (sulfide) groups is 1. The zero-order valence-corrected chi connectivity index (χ0v) is 15.4. The predicted octanol–water partition coefficient (Wildman–Crippen LogP) is 1.71. The average Bonchev–Trinajstić information content (AvgIpc) is 2.98. The van der Waals surface area contributed by atoms with Crippen LogP contribution >= 0.6 is 11.8 Å². The van der Waals surface area contributed by atoms with Gasteiger partial charge in [-0.3, -0.25) is 9.59 Å². The van der Waals surface area contributed by atoms with Crippen molar-refractivity contribution in [1.82, 2.24) is 9.80 Å². The first-order valence-corrected chi connectivity index (χ1v) is 9.92. The maximum absolute atomic E-state index is 12.3. The lowest BCUT2D eigenvalue weighted by Crippen LogP contribution is -2.39. The van der Waals surface area contributed by atoms with Gasteiger partial charge in [-0.05, 0) is 31.2 Å². The molecule has 2 amide bonds. The highest BCUT2D eigenvalue weighted by molar-refractivity contribution is 8.00. The van der Waals surface area contributed by atoms with Crippen molar-refractivity contribution in [3.8, 4) is 0 Å². The third-order valence-electron chi connectivity index (χ3n) is 5.37. The van der Waals surface area contributed by atoms with Gasteiger partial charge in [0, 0.05) is 26.2 Å². The van der Waals surface area contributed by atoms with Crippen molar-refractivity contribution in [2.24, 2.45) is 11.1 Å². The van der Waals surface area contributed by atoms with Crippen LogP contribution in [-0.2, 0) is 9.59 Å². The van der Waals surface area contributed by atoms with Crippen LogP contribution in [0.15, 0.2) is 0 Å². The maximum atomic E-state index is 12.3. The Morgan fingerprint density at radius 3 is 2.57 bits per heavy atom. The van der Waals surface area contributed by atoms with Crippen molar-refractivity contribution in [2.45, 2.75) is 51.5 Å². The van der Waals surface area contributed by atoms with E-state index in [0.717, 1.165) is 32.4 Å². The summed E-state index contributed by atoms with van der Waals surface area (Å²) in [5.41, 5.74) is 5.85. The molecule has 1 heterocycles. The summed E-state index contributed by atoms with van der Waals surface area (Å²) in [6, 6.07) is 0.399. The fourth-order valence-electron chi connectivity index (χ4n) is 3.49. The number of nitrogens with zero attached hydrogens (tertiary/aromatic N) is 2. The summed E-state index contributed by atoms with van der Waals surface area (Å²) in [5, 5.41) is 0. The molecule has 23 heavy (non-hydrogen) atoms. The van der Waals surface area contributed by atoms with Crippen molar-refractivity contribution < 1.29 is 9.59 Å². The van der Waals surface area contributed by atoms with Crippen LogP contribution in [0.1, 0.15) is 45.4 Å². The Morgan fingerprint density at radius 1 is 1.26 bits per heavy atom. The van der Waals surface area contributed by atoms with Gasteiger partial charge in [-0.2, -0.15) is 0 Å². The zero-order valence-electron chi connectivity index (χ0n) is 14.6. The molecule has 5 nitrogen and oxygen atoms in total. The van der Waals surface area contributed by atoms with E-state index < -0.39 is 0 Å². The normalized spacial score (nSPS) is 25.6. The van der Waals surface area contributed by atoms with Crippen LogP contribution in [0.5, 0.6) is 0 Å². The number of amides is 2. The summed E-state index contributed by atoms with van der Waals surface area (Å²) in [4.78, 5) is 28.3. The molecule has 2 N–H and O–H groups in total. The van der Waals surface area contributed by atoms with Crippen molar-refractivity contribution in [3.63, 3.8) is 0 Å². The monoisotopic (exact) mass is 341 g/mol. The van der Waals surface area contributed by atoms with Gasteiger partial charge in [0.2, 0.25) is 11.8 Å². The topological polar surface area (TPSA) is 66.6 Å². The lowest BCUT2D eigenvalue weighted by Gasteiger charge is -2.31. The first-order chi connectivity index (χ1) is 10.9. The Balaban J connectivity index is 1.68. The molecule has 0 aromatic rings. The van der Waals surface area contributed by atoms with Gasteiger partial charge in [-0.15, -0.1) is 11.8 Å². The molecule has 2 rings (SSSR count). The van der Waals surface area contributed by atoms with Crippen LogP contribution in [0.25, 0.3) is 0 Å². The minimum absolute atomic E-state index is 0.0668. The Kier molecular flexibility index (Phi) is 6.77. The van der Waals surface area contributed by atoms with Crippen molar-refractivity contribution in [1.29, 1.82) is 0 Å². The second kappa shape index (κ2) is 8.38. The number of carbonyl (C=O) groups excluding carboxylic acids is 2. The van der Waals surface area contributed by atoms with Crippen molar-refractivity contribution >= 4 is 23.6 Å². The van der Waals surface area contributed by atoms with Crippen LogP contribution in [0.2, 0.25) is 0 Å². The molecule has 1 saturated carbocycles. The van der Waals surface area contributed by atoms with E-state index in [1.807, 2.05) is 16.8 Å². The fraction of sp³-hybridized carbons (Fsp3) is 0.882. The van der Waals surface area contributed by atoms with E-state index in [1.54, 1.807) is 0 Å². The summed E-state index contributed by atoms with van der Waals surface area (Å²) < 4.78 is 0. The minimum Gasteiger partial charge on any atom is -0.342 e. The molecule has 2 aliphatic rings. The lowest BCUT2D eigenvalue weighted by atomic mass is 9.90. The Morgan fingerprint density at radius 2 is 1.96 bits per heavy atom. The number of carbonyl (C=O) groups is 2. The summed E-state index contributed by atoms with van der Waals surface area (Å²) in [6.07, 6.45) is 6.96. The van der Waals surface area contributed by atoms with E-state index in [-0.39, 0.29) is 17.2 Å². The number of rotatable bonds is 6. The molecule has 0 radical (unpaired) electrons. The molecule has 0 bridgehead atoms. The highest BCUT2D eigenvalue weighted by Gasteiger charge is 2.34. The second-order valence-corrected chi connectivity index (χ2v) is 8.35. The van der Waals surface area contributed by atoms with Gasteiger partial charge in [-0.1, -0.05) is 26.2 Å². The van der Waals surface area contributed by atoms with E-state index >= 15 is 0 Å². The first-order valence-electron chi connectivity index (χ1n) is 8.76. The molecule has 0 spiro atoms. The van der Waals surface area contributed by atoms with Crippen LogP contribution in [-0.4, -0.2) is 65.8 Å². The van der Waals surface area contributed by atoms with Crippen molar-refractivity contribution in [3.05, 3.63) is 0 Å². The summed E-state index contributed by atoms with van der Waals surface area (Å²) in [6.45, 7) is 4.30. The first kappa shape index (κ1) is 18.6.